The summed E-state index contributed by atoms with van der Waals surface area (Å²) in [5.74, 6) is 1.52. The molecule has 1 aromatic carbocycles. The Morgan fingerprint density at radius 2 is 2.00 bits per heavy atom. The highest BCUT2D eigenvalue weighted by molar-refractivity contribution is 5.27. The van der Waals surface area contributed by atoms with Crippen molar-refractivity contribution in [3.05, 3.63) is 65.1 Å². The molecule has 118 valence electrons. The normalized spacial score (nSPS) is 15.3. The van der Waals surface area contributed by atoms with Crippen LogP contribution in [-0.4, -0.2) is 25.0 Å². The molecule has 0 unspecified atom stereocenters. The van der Waals surface area contributed by atoms with Crippen LogP contribution in [0.1, 0.15) is 47.4 Å². The third kappa shape index (κ3) is 2.66. The van der Waals surface area contributed by atoms with Crippen LogP contribution in [0.2, 0.25) is 0 Å². The largest absolute Gasteiger partial charge is 0.380 e. The molecule has 3 aromatic rings. The zero-order valence-electron chi connectivity index (χ0n) is 12.7. The van der Waals surface area contributed by atoms with Crippen molar-refractivity contribution in [3.8, 4) is 0 Å². The molecule has 1 aliphatic carbocycles. The summed E-state index contributed by atoms with van der Waals surface area (Å²) in [6.07, 6.45) is 5.12. The summed E-state index contributed by atoms with van der Waals surface area (Å²) in [6.45, 7) is 0.519. The van der Waals surface area contributed by atoms with E-state index in [9.17, 15) is 5.11 Å². The average molecular weight is 310 g/mol. The maximum atomic E-state index is 10.6. The van der Waals surface area contributed by atoms with E-state index in [0.29, 0.717) is 12.4 Å². The number of hydrogen-bond acceptors (Lipinski definition) is 5. The van der Waals surface area contributed by atoms with Gasteiger partial charge in [0.1, 0.15) is 23.9 Å². The first kappa shape index (κ1) is 14.1. The lowest BCUT2D eigenvalue weighted by Gasteiger charge is -2.13. The summed E-state index contributed by atoms with van der Waals surface area (Å²) in [5, 5.41) is 22.8. The van der Waals surface area contributed by atoms with Gasteiger partial charge in [0, 0.05) is 12.0 Å². The topological polar surface area (TPSA) is 77.0 Å². The molecule has 2 heterocycles. The van der Waals surface area contributed by atoms with E-state index in [0.717, 1.165) is 36.3 Å². The van der Waals surface area contributed by atoms with Gasteiger partial charge in [-0.15, -0.1) is 10.2 Å². The van der Waals surface area contributed by atoms with Crippen LogP contribution in [0.4, 0.5) is 0 Å². The van der Waals surface area contributed by atoms with Gasteiger partial charge in [-0.05, 0) is 24.8 Å². The number of fused-ring (bicyclic) bond motifs is 1. The fourth-order valence-electron chi connectivity index (χ4n) is 3.12. The molecule has 0 amide bonds. The van der Waals surface area contributed by atoms with Crippen molar-refractivity contribution in [1.29, 1.82) is 0 Å². The molecule has 0 saturated carbocycles. The summed E-state index contributed by atoms with van der Waals surface area (Å²) in [6, 6.07) is 9.46. The average Bonchev–Trinajstić information content (AvgIpc) is 3.23. The molecule has 0 spiro atoms. The van der Waals surface area contributed by atoms with E-state index in [4.69, 9.17) is 4.52 Å². The molecule has 0 saturated heterocycles. The Balaban J connectivity index is 1.62. The summed E-state index contributed by atoms with van der Waals surface area (Å²) in [4.78, 5) is 0. The molecular formula is C17H18N4O2. The minimum Gasteiger partial charge on any atom is -0.380 e. The molecule has 0 fully saturated rings. The van der Waals surface area contributed by atoms with Crippen molar-refractivity contribution in [2.75, 3.05) is 0 Å². The molecule has 4 rings (SSSR count). The Bertz CT molecular complexity index is 794. The summed E-state index contributed by atoms with van der Waals surface area (Å²) < 4.78 is 7.29. The maximum Gasteiger partial charge on any atom is 0.166 e. The maximum absolute atomic E-state index is 10.6. The Hall–Kier alpha value is -2.47. The van der Waals surface area contributed by atoms with Crippen LogP contribution in [0.15, 0.2) is 41.2 Å². The number of hydrogen-bond donors (Lipinski definition) is 1. The molecule has 1 atom stereocenters. The lowest BCUT2D eigenvalue weighted by Crippen LogP contribution is -2.12. The minimum absolute atomic E-state index is 0.517. The molecular weight excluding hydrogens is 292 g/mol. The van der Waals surface area contributed by atoms with E-state index in [1.807, 2.05) is 34.9 Å². The Morgan fingerprint density at radius 1 is 1.17 bits per heavy atom. The van der Waals surface area contributed by atoms with Crippen LogP contribution in [0.3, 0.4) is 0 Å². The molecule has 6 nitrogen and oxygen atoms in total. The zero-order chi connectivity index (χ0) is 15.6. The lowest BCUT2D eigenvalue weighted by molar-refractivity contribution is 0.204. The number of aliphatic hydroxyl groups is 1. The second kappa shape index (κ2) is 5.96. The molecule has 1 N–H and O–H groups in total. The first-order chi connectivity index (χ1) is 11.3. The number of nitrogens with zero attached hydrogens (tertiary/aromatic N) is 4. The number of benzene rings is 1. The monoisotopic (exact) mass is 310 g/mol. The van der Waals surface area contributed by atoms with Gasteiger partial charge >= 0.3 is 0 Å². The van der Waals surface area contributed by atoms with Crippen molar-refractivity contribution in [1.82, 2.24) is 19.9 Å². The molecule has 23 heavy (non-hydrogen) atoms. The summed E-state index contributed by atoms with van der Waals surface area (Å²) >= 11 is 0. The van der Waals surface area contributed by atoms with Crippen LogP contribution < -0.4 is 0 Å². The van der Waals surface area contributed by atoms with Crippen molar-refractivity contribution < 1.29 is 9.63 Å². The van der Waals surface area contributed by atoms with Gasteiger partial charge in [-0.1, -0.05) is 35.5 Å². The van der Waals surface area contributed by atoms with Gasteiger partial charge in [-0.3, -0.25) is 0 Å². The van der Waals surface area contributed by atoms with Gasteiger partial charge in [0.25, 0.3) is 0 Å². The van der Waals surface area contributed by atoms with Crippen LogP contribution in [0.5, 0.6) is 0 Å². The highest BCUT2D eigenvalue weighted by Gasteiger charge is 2.22. The van der Waals surface area contributed by atoms with E-state index < -0.39 is 6.10 Å². The smallest absolute Gasteiger partial charge is 0.166 e. The van der Waals surface area contributed by atoms with Crippen LogP contribution in [-0.2, 0) is 19.4 Å². The second-order valence-electron chi connectivity index (χ2n) is 5.87. The molecule has 0 radical (unpaired) electrons. The van der Waals surface area contributed by atoms with E-state index in [2.05, 4.69) is 15.4 Å². The van der Waals surface area contributed by atoms with Crippen molar-refractivity contribution >= 4 is 0 Å². The first-order valence-electron chi connectivity index (χ1n) is 7.90. The standard InChI is InChI=1S/C17H18N4O2/c22-16(12-6-2-1-3-7-12)17-19-18-11-21(17)10-14-13-8-4-5-9-15(13)23-20-14/h1-3,6-7,11,16,22H,4-5,8-10H2/t16-/m1/s1. The van der Waals surface area contributed by atoms with Gasteiger partial charge < -0.3 is 14.2 Å². The molecule has 6 heteroatoms. The highest BCUT2D eigenvalue weighted by atomic mass is 16.5. The van der Waals surface area contributed by atoms with E-state index in [1.54, 1.807) is 6.33 Å². The van der Waals surface area contributed by atoms with Gasteiger partial charge in [0.2, 0.25) is 0 Å². The zero-order valence-corrected chi connectivity index (χ0v) is 12.7. The van der Waals surface area contributed by atoms with E-state index in [1.165, 1.54) is 12.0 Å². The molecule has 1 aliphatic rings. The summed E-state index contributed by atoms with van der Waals surface area (Å²) in [5.41, 5.74) is 2.93. The van der Waals surface area contributed by atoms with Gasteiger partial charge in [0.05, 0.1) is 6.54 Å². The van der Waals surface area contributed by atoms with Gasteiger partial charge in [0.15, 0.2) is 5.82 Å². The minimum atomic E-state index is -0.804. The van der Waals surface area contributed by atoms with Crippen LogP contribution in [0, 0.1) is 0 Å². The predicted octanol–water partition coefficient (Wildman–Crippen LogP) is 2.27. The lowest BCUT2D eigenvalue weighted by atomic mass is 9.96. The number of aromatic nitrogens is 4. The van der Waals surface area contributed by atoms with Gasteiger partial charge in [-0.25, -0.2) is 0 Å². The SMILES string of the molecule is O[C@H](c1ccccc1)c1nncn1Cc1noc2c1CCCC2. The third-order valence-corrected chi connectivity index (χ3v) is 4.36. The Morgan fingerprint density at radius 3 is 2.87 bits per heavy atom. The second-order valence-corrected chi connectivity index (χ2v) is 5.87. The third-order valence-electron chi connectivity index (χ3n) is 4.36. The molecule has 0 bridgehead atoms. The van der Waals surface area contributed by atoms with Crippen molar-refractivity contribution in [2.45, 2.75) is 38.3 Å². The Kier molecular flexibility index (Phi) is 3.67. The Labute approximate surface area is 133 Å². The van der Waals surface area contributed by atoms with Crippen molar-refractivity contribution in [3.63, 3.8) is 0 Å². The number of aliphatic hydroxyl groups excluding tert-OH is 1. The first-order valence-corrected chi connectivity index (χ1v) is 7.90. The fourth-order valence-corrected chi connectivity index (χ4v) is 3.12. The van der Waals surface area contributed by atoms with Gasteiger partial charge in [-0.2, -0.15) is 0 Å². The fraction of sp³-hybridized carbons (Fsp3) is 0.353. The van der Waals surface area contributed by atoms with E-state index in [-0.39, 0.29) is 0 Å². The van der Waals surface area contributed by atoms with E-state index >= 15 is 0 Å². The highest BCUT2D eigenvalue weighted by Crippen LogP contribution is 2.26. The van der Waals surface area contributed by atoms with Crippen LogP contribution in [0.25, 0.3) is 0 Å². The van der Waals surface area contributed by atoms with Crippen molar-refractivity contribution in [2.24, 2.45) is 0 Å². The molecule has 0 aliphatic heterocycles. The van der Waals surface area contributed by atoms with Crippen LogP contribution >= 0.6 is 0 Å². The number of aryl methyl sites for hydroxylation is 1. The predicted molar refractivity (Wildman–Crippen MR) is 82.8 cm³/mol. The summed E-state index contributed by atoms with van der Waals surface area (Å²) in [7, 11) is 0. The number of rotatable bonds is 4. The molecule has 2 aromatic heterocycles. The quantitative estimate of drug-likeness (QED) is 0.800.